The molecule has 0 bridgehead atoms. The van der Waals surface area contributed by atoms with Crippen LogP contribution in [0, 0.1) is 0 Å². The van der Waals surface area contributed by atoms with Crippen molar-refractivity contribution in [2.75, 3.05) is 17.2 Å². The van der Waals surface area contributed by atoms with E-state index >= 15 is 0 Å². The van der Waals surface area contributed by atoms with Gasteiger partial charge in [-0.25, -0.2) is 4.79 Å². The molecule has 4 N–H and O–H groups in total. The van der Waals surface area contributed by atoms with E-state index in [2.05, 4.69) is 16.0 Å². The first-order chi connectivity index (χ1) is 9.03. The number of anilines is 2. The molecular weight excluding hydrogens is 250 g/mol. The molecule has 1 unspecified atom stereocenters. The van der Waals surface area contributed by atoms with Crippen molar-refractivity contribution in [1.82, 2.24) is 5.32 Å². The highest BCUT2D eigenvalue weighted by molar-refractivity contribution is 6.14. The second kappa shape index (κ2) is 3.71. The van der Waals surface area contributed by atoms with E-state index < -0.39 is 11.5 Å². The Kier molecular flexibility index (Phi) is 2.25. The van der Waals surface area contributed by atoms with Crippen LogP contribution in [0.25, 0.3) is 0 Å². The Balaban J connectivity index is 2.13. The van der Waals surface area contributed by atoms with Crippen molar-refractivity contribution in [3.63, 3.8) is 0 Å². The third-order valence-corrected chi connectivity index (χ3v) is 3.50. The van der Waals surface area contributed by atoms with E-state index in [1.54, 1.807) is 18.2 Å². The number of nitrogens with one attached hydrogen (secondary N) is 3. The quantitative estimate of drug-likeness (QED) is 0.621. The van der Waals surface area contributed by atoms with Gasteiger partial charge in [-0.1, -0.05) is 6.07 Å². The minimum absolute atomic E-state index is 0.0663. The molecular formula is C12H11N3O4. The Morgan fingerprint density at radius 2 is 2.00 bits per heavy atom. The molecule has 2 heterocycles. The zero-order valence-corrected chi connectivity index (χ0v) is 9.82. The summed E-state index contributed by atoms with van der Waals surface area (Å²) in [5.41, 5.74) is 0.689. The minimum Gasteiger partial charge on any atom is -0.465 e. The molecule has 0 saturated carbocycles. The van der Waals surface area contributed by atoms with Gasteiger partial charge in [0.1, 0.15) is 5.41 Å². The van der Waals surface area contributed by atoms with Crippen LogP contribution in [0.3, 0.4) is 0 Å². The van der Waals surface area contributed by atoms with Crippen LogP contribution in [-0.2, 0) is 15.0 Å². The van der Waals surface area contributed by atoms with Gasteiger partial charge in [0.2, 0.25) is 11.8 Å². The van der Waals surface area contributed by atoms with Crippen molar-refractivity contribution in [3.05, 3.63) is 23.8 Å². The predicted octanol–water partition coefficient (Wildman–Crippen LogP) is 0.486. The van der Waals surface area contributed by atoms with E-state index in [4.69, 9.17) is 5.11 Å². The molecule has 1 aromatic carbocycles. The second-order valence-electron chi connectivity index (χ2n) is 4.65. The maximum atomic E-state index is 12.2. The number of benzene rings is 1. The highest BCUT2D eigenvalue weighted by Crippen LogP contribution is 2.46. The highest BCUT2D eigenvalue weighted by Gasteiger charge is 2.52. The Morgan fingerprint density at radius 3 is 2.68 bits per heavy atom. The average molecular weight is 261 g/mol. The van der Waals surface area contributed by atoms with Crippen molar-refractivity contribution < 1.29 is 19.5 Å². The normalized spacial score (nSPS) is 23.4. The fourth-order valence-electron chi connectivity index (χ4n) is 2.73. The van der Waals surface area contributed by atoms with Crippen LogP contribution in [-0.4, -0.2) is 29.6 Å². The average Bonchev–Trinajstić information content (AvgIpc) is 2.62. The van der Waals surface area contributed by atoms with Crippen LogP contribution >= 0.6 is 0 Å². The third kappa shape index (κ3) is 1.55. The fraction of sp³-hybridized carbons (Fsp3) is 0.250. The van der Waals surface area contributed by atoms with E-state index in [1.165, 1.54) is 0 Å². The van der Waals surface area contributed by atoms with Gasteiger partial charge < -0.3 is 21.1 Å². The lowest BCUT2D eigenvalue weighted by Crippen LogP contribution is -2.49. The van der Waals surface area contributed by atoms with Gasteiger partial charge in [-0.3, -0.25) is 9.59 Å². The summed E-state index contributed by atoms with van der Waals surface area (Å²) in [5.74, 6) is -0.646. The number of carbonyl (C=O) groups excluding carboxylic acids is 2. The molecule has 0 saturated heterocycles. The zero-order valence-electron chi connectivity index (χ0n) is 9.82. The second-order valence-corrected chi connectivity index (χ2v) is 4.65. The molecule has 3 amide bonds. The molecule has 2 aliphatic heterocycles. The zero-order chi connectivity index (χ0) is 13.6. The van der Waals surface area contributed by atoms with E-state index in [9.17, 15) is 14.4 Å². The van der Waals surface area contributed by atoms with Gasteiger partial charge in [-0.05, 0) is 12.1 Å². The van der Waals surface area contributed by atoms with Crippen LogP contribution in [0.5, 0.6) is 0 Å². The van der Waals surface area contributed by atoms with Gasteiger partial charge in [0.25, 0.3) is 0 Å². The summed E-state index contributed by atoms with van der Waals surface area (Å²) in [6, 6.07) is 5.16. The van der Waals surface area contributed by atoms with Gasteiger partial charge in [0, 0.05) is 29.9 Å². The Morgan fingerprint density at radius 1 is 1.32 bits per heavy atom. The molecule has 1 aromatic rings. The first-order valence-electron chi connectivity index (χ1n) is 5.74. The van der Waals surface area contributed by atoms with E-state index in [-0.39, 0.29) is 24.8 Å². The molecule has 0 radical (unpaired) electrons. The molecule has 0 spiro atoms. The molecule has 1 atom stereocenters. The number of amides is 3. The molecule has 0 fully saturated rings. The number of carbonyl (C=O) groups is 3. The van der Waals surface area contributed by atoms with Crippen molar-refractivity contribution >= 4 is 29.3 Å². The minimum atomic E-state index is -1.22. The predicted molar refractivity (Wildman–Crippen MR) is 66.0 cm³/mol. The Hall–Kier alpha value is -2.57. The molecule has 98 valence electrons. The summed E-state index contributed by atoms with van der Waals surface area (Å²) in [4.78, 5) is 34.6. The smallest absolute Gasteiger partial charge is 0.404 e. The number of hydrogen-bond donors (Lipinski definition) is 4. The van der Waals surface area contributed by atoms with Crippen molar-refractivity contribution in [2.45, 2.75) is 11.8 Å². The van der Waals surface area contributed by atoms with Crippen LogP contribution in [0.1, 0.15) is 12.0 Å². The van der Waals surface area contributed by atoms with Gasteiger partial charge in [0.05, 0.1) is 0 Å². The molecule has 7 nitrogen and oxygen atoms in total. The van der Waals surface area contributed by atoms with Crippen molar-refractivity contribution in [1.29, 1.82) is 0 Å². The topological polar surface area (TPSA) is 108 Å². The lowest BCUT2D eigenvalue weighted by Gasteiger charge is -2.32. The summed E-state index contributed by atoms with van der Waals surface area (Å²) in [5, 5.41) is 16.3. The summed E-state index contributed by atoms with van der Waals surface area (Å²) < 4.78 is 0. The molecule has 3 rings (SSSR count). The molecule has 19 heavy (non-hydrogen) atoms. The van der Waals surface area contributed by atoms with E-state index in [0.29, 0.717) is 16.9 Å². The summed E-state index contributed by atoms with van der Waals surface area (Å²) in [6.07, 6.45) is -1.29. The standard InChI is InChI=1S/C12H11N3O4/c16-8-4-12(5-13-11(18)19)9-6(14-8)2-1-3-7(9)15-10(12)17/h1-3,13H,4-5H2,(H,14,16)(H,15,17)(H,18,19). The number of hydrogen-bond acceptors (Lipinski definition) is 3. The maximum Gasteiger partial charge on any atom is 0.404 e. The van der Waals surface area contributed by atoms with Crippen LogP contribution < -0.4 is 16.0 Å². The van der Waals surface area contributed by atoms with Gasteiger partial charge in [0.15, 0.2) is 0 Å². The molecule has 7 heteroatoms. The number of rotatable bonds is 2. The van der Waals surface area contributed by atoms with Gasteiger partial charge >= 0.3 is 6.09 Å². The lowest BCUT2D eigenvalue weighted by atomic mass is 9.75. The first kappa shape index (κ1) is 11.5. The SMILES string of the molecule is O=C(O)NCC12CC(=O)Nc3cccc(c31)NC2=O. The maximum absolute atomic E-state index is 12.2. The molecule has 0 aliphatic carbocycles. The fourth-order valence-corrected chi connectivity index (χ4v) is 2.73. The highest BCUT2D eigenvalue weighted by atomic mass is 16.4. The van der Waals surface area contributed by atoms with E-state index in [0.717, 1.165) is 0 Å². The summed E-state index contributed by atoms with van der Waals surface area (Å²) in [7, 11) is 0. The van der Waals surface area contributed by atoms with Gasteiger partial charge in [-0.2, -0.15) is 0 Å². The van der Waals surface area contributed by atoms with Crippen molar-refractivity contribution in [3.8, 4) is 0 Å². The Bertz CT molecular complexity index is 613. The monoisotopic (exact) mass is 261 g/mol. The van der Waals surface area contributed by atoms with Crippen LogP contribution in [0.2, 0.25) is 0 Å². The lowest BCUT2D eigenvalue weighted by molar-refractivity contribution is -0.126. The van der Waals surface area contributed by atoms with Crippen LogP contribution in [0.15, 0.2) is 18.2 Å². The summed E-state index contributed by atoms with van der Waals surface area (Å²) >= 11 is 0. The Labute approximate surface area is 108 Å². The first-order valence-corrected chi connectivity index (χ1v) is 5.74. The van der Waals surface area contributed by atoms with E-state index in [1.807, 2.05) is 0 Å². The summed E-state index contributed by atoms with van der Waals surface area (Å²) in [6.45, 7) is -0.119. The van der Waals surface area contributed by atoms with Crippen molar-refractivity contribution in [2.24, 2.45) is 0 Å². The molecule has 2 aliphatic rings. The third-order valence-electron chi connectivity index (χ3n) is 3.50. The number of carboxylic acid groups (broad SMARTS) is 1. The van der Waals surface area contributed by atoms with Gasteiger partial charge in [-0.15, -0.1) is 0 Å². The largest absolute Gasteiger partial charge is 0.465 e. The van der Waals surface area contributed by atoms with Crippen LogP contribution in [0.4, 0.5) is 16.2 Å². The molecule has 0 aromatic heterocycles.